The zero-order valence-corrected chi connectivity index (χ0v) is 14.9. The molecule has 2 N–H and O–H groups in total. The Kier molecular flexibility index (Phi) is 5.50. The number of likely N-dealkylation sites (tertiary alicyclic amines) is 1. The highest BCUT2D eigenvalue weighted by molar-refractivity contribution is 5.78. The first-order valence-corrected chi connectivity index (χ1v) is 8.73. The summed E-state index contributed by atoms with van der Waals surface area (Å²) < 4.78 is 5.35. The van der Waals surface area contributed by atoms with Crippen LogP contribution in [0.2, 0.25) is 0 Å². The van der Waals surface area contributed by atoms with Gasteiger partial charge in [0, 0.05) is 19.0 Å². The second-order valence-corrected chi connectivity index (χ2v) is 6.59. The lowest BCUT2D eigenvalue weighted by Gasteiger charge is -2.22. The molecule has 0 radical (unpaired) electrons. The topological polar surface area (TPSA) is 100 Å². The third kappa shape index (κ3) is 4.38. The molecule has 0 aliphatic carbocycles. The van der Waals surface area contributed by atoms with Crippen molar-refractivity contribution in [3.05, 3.63) is 47.6 Å². The smallest absolute Gasteiger partial charge is 0.315 e. The second kappa shape index (κ2) is 7.99. The molecule has 1 aliphatic heterocycles. The van der Waals surface area contributed by atoms with Crippen molar-refractivity contribution in [2.75, 3.05) is 0 Å². The second-order valence-electron chi connectivity index (χ2n) is 6.59. The van der Waals surface area contributed by atoms with Crippen molar-refractivity contribution in [2.24, 2.45) is 0 Å². The summed E-state index contributed by atoms with van der Waals surface area (Å²) in [6.45, 7) is 4.44. The lowest BCUT2D eigenvalue weighted by molar-refractivity contribution is -0.129. The van der Waals surface area contributed by atoms with E-state index in [0.29, 0.717) is 31.1 Å². The number of hydrogen-bond acceptors (Lipinski definition) is 5. The van der Waals surface area contributed by atoms with Gasteiger partial charge in [0.05, 0.1) is 6.54 Å². The standard InChI is InChI=1S/C18H23N5O3/c1-12(2)20-18(25)19-10-15-21-17(26-22-15)14-8-9-16(24)23(14)11-13-6-4-3-5-7-13/h3-7,12,14H,8-11H2,1-2H3,(H2,19,20,25)/t14-/m0/s1. The van der Waals surface area contributed by atoms with E-state index in [1.54, 1.807) is 4.90 Å². The monoisotopic (exact) mass is 357 g/mol. The van der Waals surface area contributed by atoms with E-state index < -0.39 is 0 Å². The summed E-state index contributed by atoms with van der Waals surface area (Å²) in [7, 11) is 0. The van der Waals surface area contributed by atoms with E-state index in [0.717, 1.165) is 5.56 Å². The van der Waals surface area contributed by atoms with Crippen LogP contribution in [0.15, 0.2) is 34.9 Å². The van der Waals surface area contributed by atoms with Crippen LogP contribution in [0.5, 0.6) is 0 Å². The molecule has 2 aromatic rings. The molecule has 1 fully saturated rings. The van der Waals surface area contributed by atoms with E-state index in [1.807, 2.05) is 44.2 Å². The number of rotatable bonds is 6. The zero-order chi connectivity index (χ0) is 18.5. The summed E-state index contributed by atoms with van der Waals surface area (Å²) in [4.78, 5) is 30.0. The molecule has 0 saturated carbocycles. The van der Waals surface area contributed by atoms with Crippen molar-refractivity contribution >= 4 is 11.9 Å². The molecule has 26 heavy (non-hydrogen) atoms. The number of urea groups is 1. The van der Waals surface area contributed by atoms with Gasteiger partial charge in [-0.15, -0.1) is 0 Å². The Labute approximate surface area is 151 Å². The summed E-state index contributed by atoms with van der Waals surface area (Å²) in [5.41, 5.74) is 1.06. The minimum atomic E-state index is -0.284. The Morgan fingerprint density at radius 1 is 1.35 bits per heavy atom. The first-order valence-electron chi connectivity index (χ1n) is 8.73. The maximum absolute atomic E-state index is 12.3. The van der Waals surface area contributed by atoms with Crippen LogP contribution in [0.3, 0.4) is 0 Å². The van der Waals surface area contributed by atoms with Crippen LogP contribution >= 0.6 is 0 Å². The van der Waals surface area contributed by atoms with Gasteiger partial charge in [0.15, 0.2) is 5.82 Å². The van der Waals surface area contributed by atoms with Gasteiger partial charge in [0.25, 0.3) is 0 Å². The van der Waals surface area contributed by atoms with Gasteiger partial charge in [0.1, 0.15) is 6.04 Å². The largest absolute Gasteiger partial charge is 0.337 e. The highest BCUT2D eigenvalue weighted by Crippen LogP contribution is 2.33. The molecule has 3 amide bonds. The molecular formula is C18H23N5O3. The molecule has 0 bridgehead atoms. The summed E-state index contributed by atoms with van der Waals surface area (Å²) in [5, 5.41) is 9.32. The zero-order valence-electron chi connectivity index (χ0n) is 14.9. The van der Waals surface area contributed by atoms with Crippen LogP contribution in [0, 0.1) is 0 Å². The Bertz CT molecular complexity index is 759. The predicted molar refractivity (Wildman–Crippen MR) is 93.8 cm³/mol. The Morgan fingerprint density at radius 2 is 2.12 bits per heavy atom. The molecule has 0 unspecified atom stereocenters. The van der Waals surface area contributed by atoms with Gasteiger partial charge in [-0.05, 0) is 25.8 Å². The normalized spacial score (nSPS) is 17.0. The SMILES string of the molecule is CC(C)NC(=O)NCc1noc([C@@H]2CCC(=O)N2Cc2ccccc2)n1. The van der Waals surface area contributed by atoms with E-state index >= 15 is 0 Å². The third-order valence-electron chi connectivity index (χ3n) is 4.12. The van der Waals surface area contributed by atoms with E-state index in [4.69, 9.17) is 4.52 Å². The number of carbonyl (C=O) groups excluding carboxylic acids is 2. The van der Waals surface area contributed by atoms with Crippen molar-refractivity contribution < 1.29 is 14.1 Å². The lowest BCUT2D eigenvalue weighted by Crippen LogP contribution is -2.39. The van der Waals surface area contributed by atoms with Gasteiger partial charge >= 0.3 is 6.03 Å². The Morgan fingerprint density at radius 3 is 2.85 bits per heavy atom. The molecule has 1 aromatic heterocycles. The lowest BCUT2D eigenvalue weighted by atomic mass is 10.2. The van der Waals surface area contributed by atoms with Crippen LogP contribution in [0.25, 0.3) is 0 Å². The molecule has 138 valence electrons. The Hall–Kier alpha value is -2.90. The summed E-state index contributed by atoms with van der Waals surface area (Å²) in [6, 6.07) is 9.35. The van der Waals surface area contributed by atoms with Crippen molar-refractivity contribution in [3.8, 4) is 0 Å². The predicted octanol–water partition coefficient (Wildman–Crippen LogP) is 2.14. The highest BCUT2D eigenvalue weighted by atomic mass is 16.5. The fourth-order valence-corrected chi connectivity index (χ4v) is 2.92. The van der Waals surface area contributed by atoms with Crippen LogP contribution in [0.4, 0.5) is 4.79 Å². The van der Waals surface area contributed by atoms with Gasteiger partial charge in [-0.1, -0.05) is 35.5 Å². The van der Waals surface area contributed by atoms with E-state index in [9.17, 15) is 9.59 Å². The number of benzene rings is 1. The van der Waals surface area contributed by atoms with Crippen molar-refractivity contribution in [3.63, 3.8) is 0 Å². The molecule has 1 atom stereocenters. The highest BCUT2D eigenvalue weighted by Gasteiger charge is 2.35. The van der Waals surface area contributed by atoms with Crippen LogP contribution in [-0.4, -0.2) is 33.0 Å². The van der Waals surface area contributed by atoms with E-state index in [2.05, 4.69) is 20.8 Å². The average molecular weight is 357 g/mol. The number of amides is 3. The maximum Gasteiger partial charge on any atom is 0.315 e. The quantitative estimate of drug-likeness (QED) is 0.825. The van der Waals surface area contributed by atoms with Gasteiger partial charge in [-0.25, -0.2) is 4.79 Å². The fraction of sp³-hybridized carbons (Fsp3) is 0.444. The minimum Gasteiger partial charge on any atom is -0.337 e. The van der Waals surface area contributed by atoms with Crippen LogP contribution in [0.1, 0.15) is 50.0 Å². The summed E-state index contributed by atoms with van der Waals surface area (Å²) in [5.74, 6) is 0.874. The van der Waals surface area contributed by atoms with Crippen molar-refractivity contribution in [2.45, 2.75) is 51.9 Å². The van der Waals surface area contributed by atoms with Gasteiger partial charge in [-0.3, -0.25) is 4.79 Å². The first kappa shape index (κ1) is 17.9. The molecule has 1 saturated heterocycles. The maximum atomic E-state index is 12.3. The number of hydrogen-bond donors (Lipinski definition) is 2. The molecule has 2 heterocycles. The van der Waals surface area contributed by atoms with Crippen LogP contribution < -0.4 is 10.6 Å². The number of aromatic nitrogens is 2. The molecule has 1 aromatic carbocycles. The average Bonchev–Trinajstić information content (AvgIpc) is 3.21. The molecule has 8 heteroatoms. The minimum absolute atomic E-state index is 0.0480. The van der Waals surface area contributed by atoms with E-state index in [1.165, 1.54) is 0 Å². The van der Waals surface area contributed by atoms with E-state index in [-0.39, 0.29) is 30.6 Å². The van der Waals surface area contributed by atoms with Crippen LogP contribution in [-0.2, 0) is 17.9 Å². The molecule has 3 rings (SSSR count). The summed E-state index contributed by atoms with van der Waals surface area (Å²) >= 11 is 0. The van der Waals surface area contributed by atoms with Crippen molar-refractivity contribution in [1.82, 2.24) is 25.7 Å². The summed E-state index contributed by atoms with van der Waals surface area (Å²) in [6.07, 6.45) is 1.11. The first-order chi connectivity index (χ1) is 12.5. The molecule has 1 aliphatic rings. The molecular weight excluding hydrogens is 334 g/mol. The van der Waals surface area contributed by atoms with Gasteiger partial charge in [-0.2, -0.15) is 4.98 Å². The fourth-order valence-electron chi connectivity index (χ4n) is 2.92. The third-order valence-corrected chi connectivity index (χ3v) is 4.12. The number of nitrogens with one attached hydrogen (secondary N) is 2. The Balaban J connectivity index is 1.63. The molecule has 0 spiro atoms. The number of carbonyl (C=O) groups is 2. The van der Waals surface area contributed by atoms with Crippen molar-refractivity contribution in [1.29, 1.82) is 0 Å². The molecule has 8 nitrogen and oxygen atoms in total. The number of nitrogens with zero attached hydrogens (tertiary/aromatic N) is 3. The van der Waals surface area contributed by atoms with Gasteiger partial charge in [0.2, 0.25) is 11.8 Å². The van der Waals surface area contributed by atoms with Gasteiger partial charge < -0.3 is 20.1 Å².